The van der Waals surface area contributed by atoms with Gasteiger partial charge in [-0.1, -0.05) is 0 Å². The highest BCUT2D eigenvalue weighted by Crippen LogP contribution is 2.34. The highest BCUT2D eigenvalue weighted by atomic mass is 79.9. The van der Waals surface area contributed by atoms with Crippen LogP contribution in [-0.4, -0.2) is 23.6 Å². The molecule has 0 aliphatic rings. The number of nitrogens with one attached hydrogen (secondary N) is 2. The van der Waals surface area contributed by atoms with Gasteiger partial charge in [0.2, 0.25) is 0 Å². The molecule has 0 radical (unpaired) electrons. The van der Waals surface area contributed by atoms with E-state index in [9.17, 15) is 0 Å². The summed E-state index contributed by atoms with van der Waals surface area (Å²) in [6.45, 7) is 1.79. The lowest BCUT2D eigenvalue weighted by molar-refractivity contribution is 0.409. The van der Waals surface area contributed by atoms with Gasteiger partial charge in [-0.3, -0.25) is 0 Å². The maximum Gasteiger partial charge on any atom is 0.147 e. The van der Waals surface area contributed by atoms with Crippen LogP contribution in [0, 0.1) is 0 Å². The maximum atomic E-state index is 5.29. The van der Waals surface area contributed by atoms with Gasteiger partial charge in [-0.05, 0) is 62.5 Å². The lowest BCUT2D eigenvalue weighted by Gasteiger charge is -2.10. The van der Waals surface area contributed by atoms with Crippen molar-refractivity contribution in [2.45, 2.75) is 19.4 Å². The Morgan fingerprint density at radius 1 is 1.30 bits per heavy atom. The second-order valence-corrected chi connectivity index (χ2v) is 6.12. The number of aryl methyl sites for hydroxylation is 1. The Balaban J connectivity index is 1.76. The minimum atomic E-state index is 0.826. The number of methoxy groups -OCH3 is 1. The number of halogens is 2. The molecule has 2 rings (SSSR count). The van der Waals surface area contributed by atoms with Crippen molar-refractivity contribution in [2.75, 3.05) is 13.7 Å². The molecule has 0 aliphatic heterocycles. The Hall–Kier alpha value is -0.850. The van der Waals surface area contributed by atoms with Gasteiger partial charge in [-0.15, -0.1) is 0 Å². The average Bonchev–Trinajstić information content (AvgIpc) is 2.91. The third kappa shape index (κ3) is 4.33. The normalized spacial score (nSPS) is 10.8. The molecule has 0 atom stereocenters. The Bertz CT molecular complexity index is 520. The monoisotopic (exact) mass is 401 g/mol. The minimum Gasteiger partial charge on any atom is -0.494 e. The van der Waals surface area contributed by atoms with Gasteiger partial charge in [-0.25, -0.2) is 4.98 Å². The Kier molecular flexibility index (Phi) is 6.06. The van der Waals surface area contributed by atoms with Gasteiger partial charge >= 0.3 is 0 Å². The van der Waals surface area contributed by atoms with Crippen molar-refractivity contribution < 1.29 is 4.74 Å². The molecule has 0 fully saturated rings. The van der Waals surface area contributed by atoms with Gasteiger partial charge in [0.25, 0.3) is 0 Å². The molecular weight excluding hydrogens is 386 g/mol. The molecule has 6 heteroatoms. The molecule has 0 spiro atoms. The van der Waals surface area contributed by atoms with E-state index in [0.29, 0.717) is 0 Å². The fourth-order valence-corrected chi connectivity index (χ4v) is 3.56. The van der Waals surface area contributed by atoms with Gasteiger partial charge in [-0.2, -0.15) is 0 Å². The molecule has 1 heterocycles. The molecule has 108 valence electrons. The number of rotatable bonds is 7. The van der Waals surface area contributed by atoms with Crippen molar-refractivity contribution in [3.05, 3.63) is 44.9 Å². The molecule has 2 aromatic rings. The second-order valence-electron chi connectivity index (χ2n) is 4.41. The summed E-state index contributed by atoms with van der Waals surface area (Å²) in [6.07, 6.45) is 5.67. The van der Waals surface area contributed by atoms with E-state index in [1.807, 2.05) is 6.20 Å². The molecule has 0 amide bonds. The molecule has 1 aromatic carbocycles. The van der Waals surface area contributed by atoms with E-state index in [4.69, 9.17) is 4.74 Å². The Morgan fingerprint density at radius 2 is 2.05 bits per heavy atom. The first kappa shape index (κ1) is 15.5. The van der Waals surface area contributed by atoms with Crippen LogP contribution < -0.4 is 10.1 Å². The first-order valence-corrected chi connectivity index (χ1v) is 8.00. The van der Waals surface area contributed by atoms with Crippen molar-refractivity contribution in [1.29, 1.82) is 0 Å². The molecular formula is C14H17Br2N3O. The number of aromatic nitrogens is 2. The predicted molar refractivity (Wildman–Crippen MR) is 87.0 cm³/mol. The average molecular weight is 403 g/mol. The van der Waals surface area contributed by atoms with E-state index in [1.54, 1.807) is 13.3 Å². The fraction of sp³-hybridized carbons (Fsp3) is 0.357. The lowest BCUT2D eigenvalue weighted by Crippen LogP contribution is -2.15. The molecule has 0 unspecified atom stereocenters. The molecule has 2 N–H and O–H groups in total. The zero-order valence-corrected chi connectivity index (χ0v) is 14.4. The molecule has 0 saturated carbocycles. The number of imidazole rings is 1. The summed E-state index contributed by atoms with van der Waals surface area (Å²) >= 11 is 7.02. The first-order chi connectivity index (χ1) is 9.70. The maximum absolute atomic E-state index is 5.29. The van der Waals surface area contributed by atoms with E-state index >= 15 is 0 Å². The fourth-order valence-electron chi connectivity index (χ4n) is 1.96. The third-order valence-electron chi connectivity index (χ3n) is 2.91. The van der Waals surface area contributed by atoms with Crippen LogP contribution in [0.25, 0.3) is 0 Å². The van der Waals surface area contributed by atoms with Crippen molar-refractivity contribution in [2.24, 2.45) is 0 Å². The zero-order chi connectivity index (χ0) is 14.4. The largest absolute Gasteiger partial charge is 0.494 e. The molecule has 4 nitrogen and oxygen atoms in total. The number of aromatic amines is 1. The van der Waals surface area contributed by atoms with Crippen molar-refractivity contribution >= 4 is 31.9 Å². The van der Waals surface area contributed by atoms with E-state index in [-0.39, 0.29) is 0 Å². The lowest BCUT2D eigenvalue weighted by atomic mass is 10.2. The molecule has 0 saturated heterocycles. The predicted octanol–water partition coefficient (Wildman–Crippen LogP) is 3.67. The van der Waals surface area contributed by atoms with Crippen molar-refractivity contribution in [3.63, 3.8) is 0 Å². The van der Waals surface area contributed by atoms with Crippen LogP contribution in [0.4, 0.5) is 0 Å². The van der Waals surface area contributed by atoms with Gasteiger partial charge in [0, 0.05) is 25.4 Å². The van der Waals surface area contributed by atoms with Gasteiger partial charge < -0.3 is 15.0 Å². The van der Waals surface area contributed by atoms with Crippen molar-refractivity contribution in [1.82, 2.24) is 15.3 Å². The molecule has 1 aromatic heterocycles. The van der Waals surface area contributed by atoms with Crippen LogP contribution in [0.5, 0.6) is 5.75 Å². The van der Waals surface area contributed by atoms with E-state index in [2.05, 4.69) is 59.3 Å². The smallest absolute Gasteiger partial charge is 0.147 e. The topological polar surface area (TPSA) is 49.9 Å². The van der Waals surface area contributed by atoms with Crippen LogP contribution in [0.1, 0.15) is 17.8 Å². The highest BCUT2D eigenvalue weighted by molar-refractivity contribution is 9.11. The number of H-pyrrole nitrogens is 1. The van der Waals surface area contributed by atoms with Crippen LogP contribution in [0.2, 0.25) is 0 Å². The summed E-state index contributed by atoms with van der Waals surface area (Å²) in [5.74, 6) is 1.87. The van der Waals surface area contributed by atoms with Crippen molar-refractivity contribution in [3.8, 4) is 5.75 Å². The number of nitrogens with zero attached hydrogens (tertiary/aromatic N) is 1. The van der Waals surface area contributed by atoms with E-state index in [1.165, 1.54) is 5.56 Å². The highest BCUT2D eigenvalue weighted by Gasteiger charge is 2.07. The minimum absolute atomic E-state index is 0.826. The van der Waals surface area contributed by atoms with Crippen LogP contribution in [0.15, 0.2) is 33.5 Å². The number of benzene rings is 1. The standard InChI is InChI=1S/C14H17Br2N3O/c1-20-14-11(15)7-10(8-12(14)16)9-17-4-2-3-13-18-5-6-19-13/h5-8,17H,2-4,9H2,1H3,(H,18,19). The Morgan fingerprint density at radius 3 is 2.65 bits per heavy atom. The molecule has 0 bridgehead atoms. The summed E-state index contributed by atoms with van der Waals surface area (Å²) in [5.41, 5.74) is 1.21. The van der Waals surface area contributed by atoms with Gasteiger partial charge in [0.1, 0.15) is 11.6 Å². The summed E-state index contributed by atoms with van der Waals surface area (Å²) in [7, 11) is 1.66. The quantitative estimate of drug-likeness (QED) is 0.694. The SMILES string of the molecule is COc1c(Br)cc(CNCCCc2ncc[nH]2)cc1Br. The van der Waals surface area contributed by atoms with Gasteiger partial charge in [0.05, 0.1) is 16.1 Å². The molecule has 20 heavy (non-hydrogen) atoms. The number of hydrogen-bond donors (Lipinski definition) is 2. The Labute approximate surface area is 135 Å². The summed E-state index contributed by atoms with van der Waals surface area (Å²) in [5, 5.41) is 3.43. The summed E-state index contributed by atoms with van der Waals surface area (Å²) < 4.78 is 7.21. The zero-order valence-electron chi connectivity index (χ0n) is 11.2. The van der Waals surface area contributed by atoms with E-state index < -0.39 is 0 Å². The number of ether oxygens (including phenoxy) is 1. The van der Waals surface area contributed by atoms with Gasteiger partial charge in [0.15, 0.2) is 0 Å². The van der Waals surface area contributed by atoms with Crippen LogP contribution in [0.3, 0.4) is 0 Å². The van der Waals surface area contributed by atoms with Crippen LogP contribution in [-0.2, 0) is 13.0 Å². The van der Waals surface area contributed by atoms with E-state index in [0.717, 1.165) is 46.5 Å². The first-order valence-electron chi connectivity index (χ1n) is 6.41. The van der Waals surface area contributed by atoms with Crippen LogP contribution >= 0.6 is 31.9 Å². The third-order valence-corrected chi connectivity index (χ3v) is 4.09. The number of hydrogen-bond acceptors (Lipinski definition) is 3. The summed E-state index contributed by atoms with van der Waals surface area (Å²) in [6, 6.07) is 4.15. The summed E-state index contributed by atoms with van der Waals surface area (Å²) in [4.78, 5) is 7.31. The molecule has 0 aliphatic carbocycles. The second kappa shape index (κ2) is 7.81.